The van der Waals surface area contributed by atoms with Gasteiger partial charge in [-0.1, -0.05) is 37.9 Å². The van der Waals surface area contributed by atoms with Gasteiger partial charge >= 0.3 is 5.97 Å². The van der Waals surface area contributed by atoms with Crippen LogP contribution in [0.4, 0.5) is 10.1 Å². The van der Waals surface area contributed by atoms with Crippen LogP contribution in [0.3, 0.4) is 0 Å². The van der Waals surface area contributed by atoms with E-state index < -0.39 is 17.7 Å². The van der Waals surface area contributed by atoms with Crippen molar-refractivity contribution in [2.45, 2.75) is 6.42 Å². The van der Waals surface area contributed by atoms with Crippen LogP contribution in [0.5, 0.6) is 0 Å². The minimum absolute atomic E-state index is 0.0173. The highest BCUT2D eigenvalue weighted by Gasteiger charge is 2.13. The molecule has 0 radical (unpaired) electrons. The van der Waals surface area contributed by atoms with Gasteiger partial charge in [-0.3, -0.25) is 9.59 Å². The fourth-order valence-electron chi connectivity index (χ4n) is 3.15. The molecular formula is C24H15Br2FN2O4. The number of anilines is 1. The van der Waals surface area contributed by atoms with E-state index in [9.17, 15) is 14.0 Å². The zero-order chi connectivity index (χ0) is 23.5. The molecular weight excluding hydrogens is 559 g/mol. The van der Waals surface area contributed by atoms with E-state index in [4.69, 9.17) is 9.52 Å². The van der Waals surface area contributed by atoms with Crippen LogP contribution in [-0.4, -0.2) is 22.0 Å². The number of carbonyl (C=O) groups is 2. The minimum Gasteiger partial charge on any atom is -0.481 e. The summed E-state index contributed by atoms with van der Waals surface area (Å²) in [5.74, 6) is -1.88. The number of amides is 1. The third-order valence-corrected chi connectivity index (χ3v) is 5.51. The summed E-state index contributed by atoms with van der Waals surface area (Å²) < 4.78 is 22.0. The van der Waals surface area contributed by atoms with Crippen molar-refractivity contribution in [1.82, 2.24) is 4.98 Å². The highest BCUT2D eigenvalue weighted by molar-refractivity contribution is 9.11. The highest BCUT2D eigenvalue weighted by Crippen LogP contribution is 2.28. The van der Waals surface area contributed by atoms with Crippen LogP contribution >= 0.6 is 31.9 Å². The van der Waals surface area contributed by atoms with Gasteiger partial charge in [0.05, 0.1) is 12.1 Å². The first-order valence-corrected chi connectivity index (χ1v) is 11.2. The molecule has 0 spiro atoms. The number of hydrogen-bond donors (Lipinski definition) is 2. The van der Waals surface area contributed by atoms with Gasteiger partial charge in [-0.25, -0.2) is 9.37 Å². The smallest absolute Gasteiger partial charge is 0.307 e. The average Bonchev–Trinajstić information content (AvgIpc) is 3.16. The molecule has 0 unspecified atom stereocenters. The molecule has 3 aromatic carbocycles. The number of hydrogen-bond acceptors (Lipinski definition) is 4. The van der Waals surface area contributed by atoms with Crippen LogP contribution in [0.1, 0.15) is 11.1 Å². The maximum atomic E-state index is 14.6. The predicted octanol–water partition coefficient (Wildman–Crippen LogP) is 6.44. The Kier molecular flexibility index (Phi) is 6.71. The van der Waals surface area contributed by atoms with E-state index in [0.717, 1.165) is 14.5 Å². The topological polar surface area (TPSA) is 92.4 Å². The van der Waals surface area contributed by atoms with Gasteiger partial charge < -0.3 is 14.8 Å². The Balaban J connectivity index is 1.50. The second kappa shape index (κ2) is 9.68. The van der Waals surface area contributed by atoms with Crippen molar-refractivity contribution >= 4 is 66.6 Å². The third kappa shape index (κ3) is 5.74. The number of carbonyl (C=O) groups excluding carboxylic acids is 1. The number of nitrogens with zero attached hydrogens (tertiary/aromatic N) is 1. The fourth-order valence-corrected chi connectivity index (χ4v) is 4.48. The summed E-state index contributed by atoms with van der Waals surface area (Å²) in [4.78, 5) is 27.4. The zero-order valence-corrected chi connectivity index (χ0v) is 20.0. The molecule has 0 fully saturated rings. The molecule has 1 heterocycles. The molecule has 0 bridgehead atoms. The molecule has 6 nitrogen and oxygen atoms in total. The second-order valence-electron chi connectivity index (χ2n) is 7.11. The first-order valence-electron chi connectivity index (χ1n) is 9.63. The molecule has 0 aliphatic carbocycles. The van der Waals surface area contributed by atoms with E-state index in [2.05, 4.69) is 42.2 Å². The van der Waals surface area contributed by atoms with Crippen molar-refractivity contribution in [3.8, 4) is 11.5 Å². The van der Waals surface area contributed by atoms with Gasteiger partial charge in [0.1, 0.15) is 11.3 Å². The SMILES string of the molecule is O=C(O)Cc1ccc2oc(-c3ccc(NC(=O)/C=C/c4cc(Br)cc(Br)c4)c(F)c3)nc2c1. The van der Waals surface area contributed by atoms with Crippen molar-refractivity contribution in [3.05, 3.63) is 86.6 Å². The maximum Gasteiger partial charge on any atom is 0.307 e. The number of nitrogens with one attached hydrogen (secondary N) is 1. The van der Waals surface area contributed by atoms with Gasteiger partial charge in [0.2, 0.25) is 11.8 Å². The summed E-state index contributed by atoms with van der Waals surface area (Å²) in [6.07, 6.45) is 2.81. The van der Waals surface area contributed by atoms with E-state index in [1.165, 1.54) is 18.2 Å². The molecule has 9 heteroatoms. The van der Waals surface area contributed by atoms with E-state index >= 15 is 0 Å². The van der Waals surface area contributed by atoms with Crippen molar-refractivity contribution in [1.29, 1.82) is 0 Å². The van der Waals surface area contributed by atoms with Crippen molar-refractivity contribution in [2.75, 3.05) is 5.32 Å². The maximum absolute atomic E-state index is 14.6. The van der Waals surface area contributed by atoms with Crippen molar-refractivity contribution in [2.24, 2.45) is 0 Å². The lowest BCUT2D eigenvalue weighted by molar-refractivity contribution is -0.136. The summed E-state index contributed by atoms with van der Waals surface area (Å²) >= 11 is 6.77. The van der Waals surface area contributed by atoms with Crippen molar-refractivity contribution in [3.63, 3.8) is 0 Å². The zero-order valence-electron chi connectivity index (χ0n) is 16.8. The Hall–Kier alpha value is -3.30. The number of benzene rings is 3. The van der Waals surface area contributed by atoms with Crippen LogP contribution in [0.25, 0.3) is 28.6 Å². The van der Waals surface area contributed by atoms with Gasteiger partial charge in [0, 0.05) is 20.6 Å². The molecule has 166 valence electrons. The standard InChI is InChI=1S/C24H15Br2FN2O4/c25-16-7-13(8-17(26)12-16)2-6-22(30)28-19-4-3-15(11-18(19)27)24-29-20-9-14(10-23(31)32)1-5-21(20)33-24/h1-9,11-12H,10H2,(H,28,30)(H,31,32)/b6-2+. The van der Waals surface area contributed by atoms with Gasteiger partial charge in [0.15, 0.2) is 5.58 Å². The number of rotatable bonds is 6. The molecule has 0 aliphatic rings. The van der Waals surface area contributed by atoms with Gasteiger partial charge in [-0.2, -0.15) is 0 Å². The van der Waals surface area contributed by atoms with E-state index in [0.29, 0.717) is 22.2 Å². The molecule has 0 saturated carbocycles. The summed E-state index contributed by atoms with van der Waals surface area (Å²) in [5.41, 5.74) is 2.72. The third-order valence-electron chi connectivity index (χ3n) is 4.59. The van der Waals surface area contributed by atoms with Crippen molar-refractivity contribution < 1.29 is 23.5 Å². The Bertz CT molecular complexity index is 1390. The molecule has 0 atom stereocenters. The number of carboxylic acids is 1. The molecule has 1 aromatic heterocycles. The van der Waals surface area contributed by atoms with Crippen LogP contribution in [0, 0.1) is 5.82 Å². The summed E-state index contributed by atoms with van der Waals surface area (Å²) in [7, 11) is 0. The lowest BCUT2D eigenvalue weighted by Gasteiger charge is -2.05. The predicted molar refractivity (Wildman–Crippen MR) is 130 cm³/mol. The average molecular weight is 574 g/mol. The number of halogens is 3. The van der Waals surface area contributed by atoms with Crippen LogP contribution in [-0.2, 0) is 16.0 Å². The molecule has 2 N–H and O–H groups in total. The summed E-state index contributed by atoms with van der Waals surface area (Å²) in [6, 6.07) is 14.7. The summed E-state index contributed by atoms with van der Waals surface area (Å²) in [6.45, 7) is 0. The van der Waals surface area contributed by atoms with Gasteiger partial charge in [0.25, 0.3) is 0 Å². The minimum atomic E-state index is -0.947. The Morgan fingerprint density at radius 1 is 1.06 bits per heavy atom. The number of fused-ring (bicyclic) bond motifs is 1. The Morgan fingerprint density at radius 3 is 2.52 bits per heavy atom. The first kappa shape index (κ1) is 22.9. The monoisotopic (exact) mass is 572 g/mol. The Labute approximate surface area is 204 Å². The lowest BCUT2D eigenvalue weighted by atomic mass is 10.1. The van der Waals surface area contributed by atoms with Crippen LogP contribution < -0.4 is 5.32 Å². The molecule has 33 heavy (non-hydrogen) atoms. The van der Waals surface area contributed by atoms with Gasteiger partial charge in [-0.05, 0) is 65.7 Å². The quantitative estimate of drug-likeness (QED) is 0.259. The Morgan fingerprint density at radius 2 is 1.82 bits per heavy atom. The molecule has 0 saturated heterocycles. The van der Waals surface area contributed by atoms with Gasteiger partial charge in [-0.15, -0.1) is 0 Å². The summed E-state index contributed by atoms with van der Waals surface area (Å²) in [5, 5.41) is 11.4. The molecule has 1 amide bonds. The largest absolute Gasteiger partial charge is 0.481 e. The lowest BCUT2D eigenvalue weighted by Crippen LogP contribution is -2.09. The highest BCUT2D eigenvalue weighted by atomic mass is 79.9. The normalized spacial score (nSPS) is 11.2. The van der Waals surface area contributed by atoms with E-state index in [1.54, 1.807) is 30.3 Å². The molecule has 0 aliphatic heterocycles. The van der Waals surface area contributed by atoms with E-state index in [-0.39, 0.29) is 18.0 Å². The first-order chi connectivity index (χ1) is 15.8. The number of carboxylic acid groups (broad SMARTS) is 1. The number of aromatic nitrogens is 1. The second-order valence-corrected chi connectivity index (χ2v) is 8.94. The number of aliphatic carboxylic acids is 1. The molecule has 4 rings (SSSR count). The fraction of sp³-hybridized carbons (Fsp3) is 0.0417. The van der Waals surface area contributed by atoms with Crippen LogP contribution in [0.2, 0.25) is 0 Å². The van der Waals surface area contributed by atoms with Crippen LogP contribution in [0.15, 0.2) is 74.0 Å². The number of oxazole rings is 1. The molecule has 4 aromatic rings. The van der Waals surface area contributed by atoms with E-state index in [1.807, 2.05) is 18.2 Å².